The van der Waals surface area contributed by atoms with Crippen LogP contribution in [-0.4, -0.2) is 56.5 Å². The quantitative estimate of drug-likeness (QED) is 0.207. The molecule has 0 amide bonds. The van der Waals surface area contributed by atoms with Crippen molar-refractivity contribution in [3.05, 3.63) is 41.7 Å². The molecule has 3 fully saturated rings. The van der Waals surface area contributed by atoms with Crippen molar-refractivity contribution in [2.75, 3.05) is 18.7 Å². The molecule has 2 bridgehead atoms. The SMILES string of the molecule is CCOC(=O)OCOC(=O)[C@@H]1C2CCC(CC2)[C@H]1Nc1nc(-c2c[nH]c3ncc(F)nc23)nc(-c2cccs2)c1F. The first-order chi connectivity index (χ1) is 19.9. The molecule has 3 aliphatic rings. The van der Waals surface area contributed by atoms with E-state index in [4.69, 9.17) is 14.2 Å². The van der Waals surface area contributed by atoms with E-state index in [1.165, 1.54) is 11.3 Å². The number of thiophene rings is 1. The third kappa shape index (κ3) is 5.31. The molecular formula is C27H26F2N6O5S. The fourth-order valence-electron chi connectivity index (χ4n) is 5.83. The Labute approximate surface area is 236 Å². The number of fused-ring (bicyclic) bond motifs is 4. The average Bonchev–Trinajstić information content (AvgIpc) is 3.65. The zero-order valence-corrected chi connectivity index (χ0v) is 22.7. The topological polar surface area (TPSA) is 141 Å². The van der Waals surface area contributed by atoms with Crippen molar-refractivity contribution in [2.24, 2.45) is 17.8 Å². The van der Waals surface area contributed by atoms with Crippen molar-refractivity contribution >= 4 is 40.4 Å². The van der Waals surface area contributed by atoms with Crippen LogP contribution in [0.15, 0.2) is 29.9 Å². The molecule has 0 aliphatic heterocycles. The number of halogens is 2. The number of carbonyl (C=O) groups excluding carboxylic acids is 2. The summed E-state index contributed by atoms with van der Waals surface area (Å²) >= 11 is 1.31. The van der Waals surface area contributed by atoms with E-state index in [-0.39, 0.29) is 41.3 Å². The molecule has 2 atom stereocenters. The molecule has 4 aromatic rings. The summed E-state index contributed by atoms with van der Waals surface area (Å²) < 4.78 is 44.8. The lowest BCUT2D eigenvalue weighted by molar-refractivity contribution is -0.164. The van der Waals surface area contributed by atoms with Crippen molar-refractivity contribution in [3.63, 3.8) is 0 Å². The molecule has 0 saturated heterocycles. The number of aromatic amines is 1. The number of hydrogen-bond acceptors (Lipinski definition) is 11. The highest BCUT2D eigenvalue weighted by molar-refractivity contribution is 7.13. The maximum atomic E-state index is 16.1. The zero-order chi connectivity index (χ0) is 28.5. The monoisotopic (exact) mass is 584 g/mol. The van der Waals surface area contributed by atoms with E-state index in [0.29, 0.717) is 16.1 Å². The zero-order valence-electron chi connectivity index (χ0n) is 21.9. The molecule has 214 valence electrons. The van der Waals surface area contributed by atoms with Crippen LogP contribution in [0.1, 0.15) is 32.6 Å². The van der Waals surface area contributed by atoms with E-state index in [0.717, 1.165) is 31.9 Å². The van der Waals surface area contributed by atoms with Gasteiger partial charge in [0.2, 0.25) is 12.7 Å². The van der Waals surface area contributed by atoms with Crippen molar-refractivity contribution in [1.82, 2.24) is 24.9 Å². The van der Waals surface area contributed by atoms with Gasteiger partial charge >= 0.3 is 12.1 Å². The molecule has 4 aromatic heterocycles. The van der Waals surface area contributed by atoms with Gasteiger partial charge < -0.3 is 24.5 Å². The highest BCUT2D eigenvalue weighted by Gasteiger charge is 2.48. The molecule has 7 rings (SSSR count). The van der Waals surface area contributed by atoms with Crippen molar-refractivity contribution < 1.29 is 32.6 Å². The maximum Gasteiger partial charge on any atom is 0.511 e. The lowest BCUT2D eigenvalue weighted by Crippen LogP contribution is -2.52. The molecule has 0 unspecified atom stereocenters. The number of hydrogen-bond donors (Lipinski definition) is 2. The standard InChI is InChI=1S/C27H26F2N6O5S/c1-2-38-27(37)40-12-39-26(36)18-13-5-7-14(8-6-13)20(18)33-24-19(29)22(16-4-3-9-41-16)34-23(35-24)15-10-30-25-21(15)32-17(28)11-31-25/h3-4,9-11,13-14,18,20H,2,5-8,12H2,1H3,(H,30,31)(H,33,34,35)/t13?,14?,18-,20-/m1/s1. The van der Waals surface area contributed by atoms with Gasteiger partial charge in [0.05, 0.1) is 29.2 Å². The minimum Gasteiger partial charge on any atom is -0.435 e. The Kier molecular flexibility index (Phi) is 7.47. The number of anilines is 1. The molecular weight excluding hydrogens is 558 g/mol. The lowest BCUT2D eigenvalue weighted by atomic mass is 9.61. The number of nitrogens with zero attached hydrogens (tertiary/aromatic N) is 4. The molecule has 3 saturated carbocycles. The highest BCUT2D eigenvalue weighted by atomic mass is 32.1. The Balaban J connectivity index is 1.35. The summed E-state index contributed by atoms with van der Waals surface area (Å²) in [6, 6.07) is 3.04. The average molecular weight is 585 g/mol. The number of aromatic nitrogens is 5. The Morgan fingerprint density at radius 2 is 1.90 bits per heavy atom. The fourth-order valence-corrected chi connectivity index (χ4v) is 6.53. The molecule has 11 nitrogen and oxygen atoms in total. The van der Waals surface area contributed by atoms with Gasteiger partial charge in [0.1, 0.15) is 11.2 Å². The van der Waals surface area contributed by atoms with Crippen LogP contribution in [0.5, 0.6) is 0 Å². The first kappa shape index (κ1) is 27.0. The second-order valence-corrected chi connectivity index (χ2v) is 10.9. The van der Waals surface area contributed by atoms with Gasteiger partial charge in [-0.3, -0.25) is 4.79 Å². The fraction of sp³-hybridized carbons (Fsp3) is 0.407. The van der Waals surface area contributed by atoms with E-state index >= 15 is 4.39 Å². The predicted molar refractivity (Wildman–Crippen MR) is 144 cm³/mol. The second kappa shape index (κ2) is 11.4. The van der Waals surface area contributed by atoms with Gasteiger partial charge in [0, 0.05) is 12.2 Å². The summed E-state index contributed by atoms with van der Waals surface area (Å²) in [5.41, 5.74) is 0.956. The molecule has 3 aliphatic carbocycles. The van der Waals surface area contributed by atoms with Crippen LogP contribution in [-0.2, 0) is 19.0 Å². The van der Waals surface area contributed by atoms with Crippen LogP contribution >= 0.6 is 11.3 Å². The lowest BCUT2D eigenvalue weighted by Gasteiger charge is -2.47. The van der Waals surface area contributed by atoms with E-state index in [9.17, 15) is 14.0 Å². The summed E-state index contributed by atoms with van der Waals surface area (Å²) in [5.74, 6) is -2.49. The van der Waals surface area contributed by atoms with Crippen molar-refractivity contribution in [1.29, 1.82) is 0 Å². The number of rotatable bonds is 8. The van der Waals surface area contributed by atoms with E-state index in [2.05, 4.69) is 30.2 Å². The van der Waals surface area contributed by atoms with Gasteiger partial charge in [0.25, 0.3) is 0 Å². The van der Waals surface area contributed by atoms with Crippen molar-refractivity contribution in [2.45, 2.75) is 38.6 Å². The van der Waals surface area contributed by atoms with Crippen LogP contribution in [0.25, 0.3) is 33.1 Å². The van der Waals surface area contributed by atoms with Crippen LogP contribution in [0.3, 0.4) is 0 Å². The molecule has 41 heavy (non-hydrogen) atoms. The first-order valence-electron chi connectivity index (χ1n) is 13.3. The van der Waals surface area contributed by atoms with Crippen LogP contribution in [0, 0.1) is 29.5 Å². The van der Waals surface area contributed by atoms with Gasteiger partial charge in [-0.25, -0.2) is 29.1 Å². The molecule has 2 N–H and O–H groups in total. The van der Waals surface area contributed by atoms with E-state index < -0.39 is 42.6 Å². The van der Waals surface area contributed by atoms with Gasteiger partial charge in [-0.15, -0.1) is 11.3 Å². The minimum atomic E-state index is -0.932. The highest BCUT2D eigenvalue weighted by Crippen LogP contribution is 2.47. The summed E-state index contributed by atoms with van der Waals surface area (Å²) in [4.78, 5) is 45.1. The summed E-state index contributed by atoms with van der Waals surface area (Å²) in [5, 5.41) is 5.03. The molecule has 14 heteroatoms. The molecule has 4 heterocycles. The van der Waals surface area contributed by atoms with Crippen LogP contribution in [0.4, 0.5) is 19.4 Å². The number of carbonyl (C=O) groups is 2. The number of nitrogens with one attached hydrogen (secondary N) is 2. The van der Waals surface area contributed by atoms with Crippen molar-refractivity contribution in [3.8, 4) is 22.0 Å². The second-order valence-electron chi connectivity index (χ2n) is 9.91. The van der Waals surface area contributed by atoms with Crippen LogP contribution < -0.4 is 5.32 Å². The van der Waals surface area contributed by atoms with Gasteiger partial charge in [-0.2, -0.15) is 4.39 Å². The largest absolute Gasteiger partial charge is 0.511 e. The third-order valence-corrected chi connectivity index (χ3v) is 8.51. The number of esters is 1. The van der Waals surface area contributed by atoms with E-state index in [1.807, 2.05) is 0 Å². The van der Waals surface area contributed by atoms with Gasteiger partial charge in [0.15, 0.2) is 23.1 Å². The van der Waals surface area contributed by atoms with Gasteiger partial charge in [-0.05, 0) is 55.9 Å². The summed E-state index contributed by atoms with van der Waals surface area (Å²) in [6.45, 7) is 1.18. The van der Waals surface area contributed by atoms with Gasteiger partial charge in [-0.1, -0.05) is 6.07 Å². The van der Waals surface area contributed by atoms with Crippen LogP contribution in [0.2, 0.25) is 0 Å². The Bertz CT molecular complexity index is 1570. The molecule has 0 radical (unpaired) electrons. The molecule has 0 aromatic carbocycles. The Morgan fingerprint density at radius 3 is 2.66 bits per heavy atom. The third-order valence-electron chi connectivity index (χ3n) is 7.63. The Hall–Kier alpha value is -4.20. The predicted octanol–water partition coefficient (Wildman–Crippen LogP) is 5.31. The normalized spacial score (nSPS) is 21.5. The number of H-pyrrole nitrogens is 1. The first-order valence-corrected chi connectivity index (χ1v) is 14.1. The van der Waals surface area contributed by atoms with E-state index in [1.54, 1.807) is 30.6 Å². The summed E-state index contributed by atoms with van der Waals surface area (Å²) in [7, 11) is 0. The smallest absolute Gasteiger partial charge is 0.435 e. The summed E-state index contributed by atoms with van der Waals surface area (Å²) in [6.07, 6.45) is 5.00. The Morgan fingerprint density at radius 1 is 1.10 bits per heavy atom. The molecule has 0 spiro atoms. The maximum absolute atomic E-state index is 16.1. The number of ether oxygens (including phenoxy) is 3. The minimum absolute atomic E-state index is 0.0144.